The van der Waals surface area contributed by atoms with Crippen molar-refractivity contribution in [3.05, 3.63) is 0 Å². The second kappa shape index (κ2) is 5.55. The maximum atomic E-state index is 2.50. The molecule has 0 radical (unpaired) electrons. The lowest BCUT2D eigenvalue weighted by Gasteiger charge is -2.49. The summed E-state index contributed by atoms with van der Waals surface area (Å²) in [5.74, 6) is 6.16. The van der Waals surface area contributed by atoms with Gasteiger partial charge in [-0.15, -0.1) is 0 Å². The molecule has 0 bridgehead atoms. The van der Waals surface area contributed by atoms with Crippen LogP contribution in [-0.2, 0) is 0 Å². The highest BCUT2D eigenvalue weighted by Gasteiger charge is 2.42. The van der Waals surface area contributed by atoms with Gasteiger partial charge in [-0.3, -0.25) is 0 Å². The lowest BCUT2D eigenvalue weighted by Crippen LogP contribution is -2.42. The third-order valence-electron chi connectivity index (χ3n) is 6.77. The van der Waals surface area contributed by atoms with E-state index in [-0.39, 0.29) is 0 Å². The van der Waals surface area contributed by atoms with Crippen molar-refractivity contribution in [1.29, 1.82) is 0 Å². The lowest BCUT2D eigenvalue weighted by atomic mass is 9.57. The lowest BCUT2D eigenvalue weighted by molar-refractivity contribution is -0.000140. The molecule has 0 aliphatic heterocycles. The molecule has 0 aromatic carbocycles. The van der Waals surface area contributed by atoms with E-state index in [2.05, 4.69) is 62.3 Å². The van der Waals surface area contributed by atoms with Crippen molar-refractivity contribution < 1.29 is 0 Å². The van der Waals surface area contributed by atoms with E-state index in [1.54, 1.807) is 0 Å². The molecule has 1 aliphatic carbocycles. The predicted octanol–water partition coefficient (Wildman–Crippen LogP) is 5.87. The van der Waals surface area contributed by atoms with E-state index >= 15 is 0 Å². The largest absolute Gasteiger partial charge is 0.0620 e. The molecule has 5 atom stereocenters. The summed E-state index contributed by atoms with van der Waals surface area (Å²) in [5, 5.41) is 0. The Labute approximate surface area is 116 Å². The summed E-state index contributed by atoms with van der Waals surface area (Å²) in [4.78, 5) is 0. The average Bonchev–Trinajstić information content (AvgIpc) is 2.28. The van der Waals surface area contributed by atoms with Gasteiger partial charge in [0.25, 0.3) is 0 Å². The normalized spacial score (nSPS) is 43.8. The number of hydrogen-bond donors (Lipinski definition) is 0. The molecule has 18 heavy (non-hydrogen) atoms. The molecule has 0 N–H and O–H groups in total. The van der Waals surface area contributed by atoms with E-state index in [1.807, 2.05) is 0 Å². The first kappa shape index (κ1) is 16.1. The van der Waals surface area contributed by atoms with Gasteiger partial charge in [0.15, 0.2) is 0 Å². The maximum Gasteiger partial charge on any atom is -0.0355 e. The summed E-state index contributed by atoms with van der Waals surface area (Å²) >= 11 is 0. The Bertz CT molecular complexity index is 244. The van der Waals surface area contributed by atoms with Crippen molar-refractivity contribution in [2.45, 2.75) is 68.7 Å². The van der Waals surface area contributed by atoms with Crippen LogP contribution in [-0.4, -0.2) is 0 Å². The average molecular weight is 252 g/mol. The van der Waals surface area contributed by atoms with Crippen LogP contribution in [0.15, 0.2) is 0 Å². The first-order valence-electron chi connectivity index (χ1n) is 8.07. The summed E-state index contributed by atoms with van der Waals surface area (Å²) in [7, 11) is 0. The Balaban J connectivity index is 2.81. The van der Waals surface area contributed by atoms with E-state index in [4.69, 9.17) is 0 Å². The van der Waals surface area contributed by atoms with E-state index in [0.717, 1.165) is 41.4 Å². The van der Waals surface area contributed by atoms with Crippen LogP contribution in [0.25, 0.3) is 0 Å². The number of hydrogen-bond acceptors (Lipinski definition) is 0. The highest BCUT2D eigenvalue weighted by atomic mass is 14.5. The Morgan fingerprint density at radius 1 is 0.722 bits per heavy atom. The fourth-order valence-corrected chi connectivity index (χ4v) is 3.89. The van der Waals surface area contributed by atoms with Crippen molar-refractivity contribution in [2.24, 2.45) is 46.8 Å². The topological polar surface area (TPSA) is 0 Å². The van der Waals surface area contributed by atoms with Crippen LogP contribution < -0.4 is 0 Å². The first-order chi connectivity index (χ1) is 8.07. The summed E-state index contributed by atoms with van der Waals surface area (Å²) in [5.41, 5.74) is 0.453. The molecule has 1 rings (SSSR count). The van der Waals surface area contributed by atoms with Crippen molar-refractivity contribution in [2.75, 3.05) is 0 Å². The zero-order chi connectivity index (χ0) is 14.2. The zero-order valence-corrected chi connectivity index (χ0v) is 14.2. The van der Waals surface area contributed by atoms with Gasteiger partial charge in [0, 0.05) is 0 Å². The van der Waals surface area contributed by atoms with E-state index in [9.17, 15) is 0 Å². The van der Waals surface area contributed by atoms with Gasteiger partial charge in [0.05, 0.1) is 0 Å². The molecule has 1 fully saturated rings. The Kier molecular flexibility index (Phi) is 4.95. The Morgan fingerprint density at radius 2 is 1.06 bits per heavy atom. The van der Waals surface area contributed by atoms with Crippen molar-refractivity contribution >= 4 is 0 Å². The van der Waals surface area contributed by atoms with Crippen LogP contribution in [0.2, 0.25) is 0 Å². The maximum absolute atomic E-state index is 2.50. The molecule has 1 saturated carbocycles. The monoisotopic (exact) mass is 252 g/mol. The first-order valence-corrected chi connectivity index (χ1v) is 8.07. The summed E-state index contributed by atoms with van der Waals surface area (Å²) < 4.78 is 0. The highest BCUT2D eigenvalue weighted by molar-refractivity contribution is 4.90. The second-order valence-corrected chi connectivity index (χ2v) is 8.46. The van der Waals surface area contributed by atoms with Gasteiger partial charge in [0.1, 0.15) is 0 Å². The van der Waals surface area contributed by atoms with Gasteiger partial charge in [-0.1, -0.05) is 62.3 Å². The minimum Gasteiger partial charge on any atom is -0.0620 e. The SMILES string of the molecule is CC1C(C)C(C)C(CC(C)C(C)(C)C)C(C)C1C. The Morgan fingerprint density at radius 3 is 1.39 bits per heavy atom. The molecule has 0 spiro atoms. The molecule has 0 aromatic rings. The Hall–Kier alpha value is 0. The van der Waals surface area contributed by atoms with Gasteiger partial charge in [-0.05, 0) is 53.3 Å². The molecular weight excluding hydrogens is 216 g/mol. The van der Waals surface area contributed by atoms with Gasteiger partial charge in [-0.25, -0.2) is 0 Å². The summed E-state index contributed by atoms with van der Waals surface area (Å²) in [6.07, 6.45) is 1.41. The predicted molar refractivity (Wildman–Crippen MR) is 82.5 cm³/mol. The molecule has 0 amide bonds. The molecular formula is C18H36. The molecule has 108 valence electrons. The fourth-order valence-electron chi connectivity index (χ4n) is 3.89. The van der Waals surface area contributed by atoms with Gasteiger partial charge < -0.3 is 0 Å². The van der Waals surface area contributed by atoms with Crippen LogP contribution in [0.5, 0.6) is 0 Å². The van der Waals surface area contributed by atoms with E-state index < -0.39 is 0 Å². The second-order valence-electron chi connectivity index (χ2n) is 8.46. The zero-order valence-electron chi connectivity index (χ0n) is 14.2. The summed E-state index contributed by atoms with van der Waals surface area (Å²) in [6, 6.07) is 0. The summed E-state index contributed by atoms with van der Waals surface area (Å²) in [6.45, 7) is 22.1. The van der Waals surface area contributed by atoms with Crippen LogP contribution in [0.3, 0.4) is 0 Å². The molecule has 5 unspecified atom stereocenters. The highest BCUT2D eigenvalue weighted by Crippen LogP contribution is 2.48. The molecule has 0 saturated heterocycles. The van der Waals surface area contributed by atoms with E-state index in [1.165, 1.54) is 6.42 Å². The molecule has 0 heteroatoms. The van der Waals surface area contributed by atoms with Gasteiger partial charge in [0.2, 0.25) is 0 Å². The van der Waals surface area contributed by atoms with Crippen LogP contribution in [0.4, 0.5) is 0 Å². The minimum atomic E-state index is 0.453. The van der Waals surface area contributed by atoms with Crippen LogP contribution in [0.1, 0.15) is 68.7 Å². The van der Waals surface area contributed by atoms with Crippen molar-refractivity contribution in [3.8, 4) is 0 Å². The van der Waals surface area contributed by atoms with Crippen LogP contribution >= 0.6 is 0 Å². The third-order valence-corrected chi connectivity index (χ3v) is 6.77. The third kappa shape index (κ3) is 3.11. The molecule has 0 nitrogen and oxygen atoms in total. The fraction of sp³-hybridized carbons (Fsp3) is 1.00. The van der Waals surface area contributed by atoms with E-state index in [0.29, 0.717) is 5.41 Å². The quantitative estimate of drug-likeness (QED) is 0.576. The molecule has 0 aromatic heterocycles. The van der Waals surface area contributed by atoms with Crippen molar-refractivity contribution in [3.63, 3.8) is 0 Å². The van der Waals surface area contributed by atoms with Gasteiger partial charge >= 0.3 is 0 Å². The standard InChI is InChI=1S/C18H36/c1-11(18(7,8)9)10-17-15(5)13(3)12(2)14(4)16(17)6/h11-17H,10H2,1-9H3. The van der Waals surface area contributed by atoms with Crippen LogP contribution in [0, 0.1) is 46.8 Å². The van der Waals surface area contributed by atoms with Crippen molar-refractivity contribution in [1.82, 2.24) is 0 Å². The number of rotatable bonds is 2. The molecule has 1 aliphatic rings. The molecule has 0 heterocycles. The minimum absolute atomic E-state index is 0.453. The smallest absolute Gasteiger partial charge is 0.0355 e. The van der Waals surface area contributed by atoms with Gasteiger partial charge in [-0.2, -0.15) is 0 Å².